The topological polar surface area (TPSA) is 93.0 Å². The fourth-order valence-corrected chi connectivity index (χ4v) is 0.903. The highest BCUT2D eigenvalue weighted by Gasteiger charge is 2.40. The van der Waals surface area contributed by atoms with Crippen molar-refractivity contribution in [2.75, 3.05) is 0 Å². The second-order valence-electron chi connectivity index (χ2n) is 2.50. The summed E-state index contributed by atoms with van der Waals surface area (Å²) < 4.78 is 0. The van der Waals surface area contributed by atoms with Crippen LogP contribution in [0.25, 0.3) is 0 Å². The van der Waals surface area contributed by atoms with Gasteiger partial charge in [-0.1, -0.05) is 18.2 Å². The molecule has 0 spiro atoms. The van der Waals surface area contributed by atoms with E-state index in [1.807, 2.05) is 0 Å². The Morgan fingerprint density at radius 2 is 2.00 bits per heavy atom. The van der Waals surface area contributed by atoms with Gasteiger partial charge in [-0.25, -0.2) is 5.73 Å². The Balaban J connectivity index is 3.21. The first-order chi connectivity index (χ1) is 6.11. The van der Waals surface area contributed by atoms with Gasteiger partial charge in [0.2, 0.25) is 0 Å². The molecule has 2 N–H and O–H groups in total. The molecule has 0 fully saturated rings. The molecule has 1 atom stereocenters. The number of rotatable bonds is 2. The predicted molar refractivity (Wildman–Crippen MR) is 44.9 cm³/mol. The molecule has 0 bridgehead atoms. The number of nitro groups is 1. The normalized spacial score (nSPS) is 14.2. The number of hydrogen-bond acceptors (Lipinski definition) is 4. The molecule has 5 heteroatoms. The monoisotopic (exact) mass is 177 g/mol. The van der Waals surface area contributed by atoms with Gasteiger partial charge in [0.25, 0.3) is 0 Å². The fourth-order valence-electron chi connectivity index (χ4n) is 0.903. The van der Waals surface area contributed by atoms with Gasteiger partial charge >= 0.3 is 5.66 Å². The first-order valence-corrected chi connectivity index (χ1v) is 3.51. The SMILES string of the molecule is N#CC(N)(c1ccccc1)[N+](=O)[O-]. The first-order valence-electron chi connectivity index (χ1n) is 3.51. The molecule has 66 valence electrons. The minimum Gasteiger partial charge on any atom is -0.261 e. The van der Waals surface area contributed by atoms with Gasteiger partial charge in [-0.05, 0) is 12.1 Å². The Kier molecular flexibility index (Phi) is 2.26. The summed E-state index contributed by atoms with van der Waals surface area (Å²) in [6.07, 6.45) is 0. The Morgan fingerprint density at radius 3 is 2.38 bits per heavy atom. The van der Waals surface area contributed by atoms with Gasteiger partial charge in [0.05, 0.1) is 10.5 Å². The number of nitrogens with zero attached hydrogens (tertiary/aromatic N) is 2. The molecule has 0 radical (unpaired) electrons. The van der Waals surface area contributed by atoms with E-state index in [-0.39, 0.29) is 5.56 Å². The first kappa shape index (κ1) is 9.16. The summed E-state index contributed by atoms with van der Waals surface area (Å²) in [6.45, 7) is 0. The van der Waals surface area contributed by atoms with Crippen molar-refractivity contribution < 1.29 is 4.92 Å². The highest BCUT2D eigenvalue weighted by atomic mass is 16.6. The summed E-state index contributed by atoms with van der Waals surface area (Å²) in [5.41, 5.74) is 3.35. The lowest BCUT2D eigenvalue weighted by Crippen LogP contribution is -2.43. The molecule has 0 aliphatic rings. The second kappa shape index (κ2) is 3.21. The smallest absolute Gasteiger partial charge is 0.261 e. The van der Waals surface area contributed by atoms with Crippen molar-refractivity contribution in [3.05, 3.63) is 46.0 Å². The van der Waals surface area contributed by atoms with E-state index in [9.17, 15) is 10.1 Å². The Morgan fingerprint density at radius 1 is 1.46 bits per heavy atom. The number of hydrogen-bond donors (Lipinski definition) is 1. The van der Waals surface area contributed by atoms with Crippen LogP contribution in [0.3, 0.4) is 0 Å². The van der Waals surface area contributed by atoms with E-state index in [4.69, 9.17) is 11.0 Å². The third kappa shape index (κ3) is 1.48. The minimum atomic E-state index is -2.14. The molecule has 0 aliphatic heterocycles. The van der Waals surface area contributed by atoms with Crippen LogP contribution >= 0.6 is 0 Å². The van der Waals surface area contributed by atoms with Crippen molar-refractivity contribution in [1.82, 2.24) is 0 Å². The van der Waals surface area contributed by atoms with Crippen LogP contribution in [-0.4, -0.2) is 4.92 Å². The zero-order valence-corrected chi connectivity index (χ0v) is 6.68. The van der Waals surface area contributed by atoms with Gasteiger partial charge < -0.3 is 0 Å². The van der Waals surface area contributed by atoms with Crippen molar-refractivity contribution in [1.29, 1.82) is 5.26 Å². The molecule has 0 aromatic heterocycles. The Bertz CT molecular complexity index is 357. The molecule has 5 nitrogen and oxygen atoms in total. The van der Waals surface area contributed by atoms with E-state index >= 15 is 0 Å². The highest BCUT2D eigenvalue weighted by Crippen LogP contribution is 2.16. The van der Waals surface area contributed by atoms with E-state index in [2.05, 4.69) is 0 Å². The van der Waals surface area contributed by atoms with Crippen LogP contribution in [0, 0.1) is 21.4 Å². The van der Waals surface area contributed by atoms with Gasteiger partial charge in [-0.3, -0.25) is 10.1 Å². The van der Waals surface area contributed by atoms with Crippen LogP contribution in [-0.2, 0) is 5.66 Å². The van der Waals surface area contributed by atoms with Crippen LogP contribution in [0.15, 0.2) is 30.3 Å². The summed E-state index contributed by atoms with van der Waals surface area (Å²) in [7, 11) is 0. The zero-order valence-electron chi connectivity index (χ0n) is 6.68. The van der Waals surface area contributed by atoms with Crippen LogP contribution in [0.2, 0.25) is 0 Å². The van der Waals surface area contributed by atoms with E-state index in [0.717, 1.165) is 0 Å². The molecule has 1 unspecified atom stereocenters. The molecule has 1 aromatic carbocycles. The zero-order chi connectivity index (χ0) is 9.90. The molecule has 0 saturated carbocycles. The van der Waals surface area contributed by atoms with Gasteiger partial charge in [-0.2, -0.15) is 5.26 Å². The predicted octanol–water partition coefficient (Wildman–Crippen LogP) is 0.598. The maximum atomic E-state index is 10.5. The maximum Gasteiger partial charge on any atom is 0.384 e. The second-order valence-corrected chi connectivity index (χ2v) is 2.50. The lowest BCUT2D eigenvalue weighted by atomic mass is 10.0. The lowest BCUT2D eigenvalue weighted by Gasteiger charge is -2.11. The molecule has 0 heterocycles. The summed E-state index contributed by atoms with van der Waals surface area (Å²) in [6, 6.07) is 9.26. The Hall–Kier alpha value is -1.93. The van der Waals surface area contributed by atoms with Crippen molar-refractivity contribution in [2.24, 2.45) is 5.73 Å². The van der Waals surface area contributed by atoms with E-state index in [1.54, 1.807) is 18.2 Å². The molecule has 0 aliphatic carbocycles. The highest BCUT2D eigenvalue weighted by molar-refractivity contribution is 5.26. The van der Waals surface area contributed by atoms with Crippen molar-refractivity contribution in [2.45, 2.75) is 5.66 Å². The molecule has 0 saturated heterocycles. The molecule has 13 heavy (non-hydrogen) atoms. The van der Waals surface area contributed by atoms with Gasteiger partial charge in [0, 0.05) is 0 Å². The van der Waals surface area contributed by atoms with Crippen LogP contribution in [0.1, 0.15) is 5.56 Å². The summed E-state index contributed by atoms with van der Waals surface area (Å²) in [4.78, 5) is 9.71. The lowest BCUT2D eigenvalue weighted by molar-refractivity contribution is -0.559. The van der Waals surface area contributed by atoms with Crippen molar-refractivity contribution in [3.63, 3.8) is 0 Å². The number of benzene rings is 1. The van der Waals surface area contributed by atoms with E-state index < -0.39 is 10.6 Å². The largest absolute Gasteiger partial charge is 0.384 e. The average molecular weight is 177 g/mol. The molecule has 0 amide bonds. The molecule has 1 rings (SSSR count). The number of nitrogens with two attached hydrogens (primary N) is 1. The third-order valence-electron chi connectivity index (χ3n) is 1.67. The minimum absolute atomic E-state index is 0.183. The van der Waals surface area contributed by atoms with Gasteiger partial charge in [-0.15, -0.1) is 0 Å². The third-order valence-corrected chi connectivity index (χ3v) is 1.67. The van der Waals surface area contributed by atoms with Crippen LogP contribution in [0.5, 0.6) is 0 Å². The number of nitriles is 1. The average Bonchev–Trinajstić information content (AvgIpc) is 2.17. The Labute approximate surface area is 74.5 Å². The van der Waals surface area contributed by atoms with Crippen LogP contribution < -0.4 is 5.73 Å². The fraction of sp³-hybridized carbons (Fsp3) is 0.125. The van der Waals surface area contributed by atoms with E-state index in [0.29, 0.717) is 0 Å². The summed E-state index contributed by atoms with van der Waals surface area (Å²) in [5, 5.41) is 19.1. The van der Waals surface area contributed by atoms with Crippen molar-refractivity contribution >= 4 is 0 Å². The summed E-state index contributed by atoms with van der Waals surface area (Å²) in [5.74, 6) is 0. The van der Waals surface area contributed by atoms with E-state index in [1.165, 1.54) is 18.2 Å². The molecular weight excluding hydrogens is 170 g/mol. The quantitative estimate of drug-likeness (QED) is 0.406. The van der Waals surface area contributed by atoms with Crippen LogP contribution in [0.4, 0.5) is 0 Å². The maximum absolute atomic E-state index is 10.5. The summed E-state index contributed by atoms with van der Waals surface area (Å²) >= 11 is 0. The van der Waals surface area contributed by atoms with Gasteiger partial charge in [0.1, 0.15) is 0 Å². The standard InChI is InChI=1S/C8H7N3O2/c9-6-8(10,11(12)13)7-4-2-1-3-5-7/h1-5H,10H2. The molecular formula is C8H7N3O2. The molecule has 1 aromatic rings. The van der Waals surface area contributed by atoms with Gasteiger partial charge in [0.15, 0.2) is 6.07 Å². The van der Waals surface area contributed by atoms with Crippen molar-refractivity contribution in [3.8, 4) is 6.07 Å².